The monoisotopic (exact) mass is 264 g/mol. The average Bonchev–Trinajstić information content (AvgIpc) is 2.93. The summed E-state index contributed by atoms with van der Waals surface area (Å²) >= 11 is 0. The van der Waals surface area contributed by atoms with Gasteiger partial charge in [0.2, 0.25) is 0 Å². The maximum atomic E-state index is 11.9. The minimum atomic E-state index is -0.118. The van der Waals surface area contributed by atoms with E-state index in [0.29, 0.717) is 24.3 Å². The van der Waals surface area contributed by atoms with Gasteiger partial charge < -0.3 is 9.73 Å². The number of piperidine rings is 1. The summed E-state index contributed by atoms with van der Waals surface area (Å²) in [5, 5.41) is 2.99. The molecule has 1 aromatic rings. The lowest BCUT2D eigenvalue weighted by Gasteiger charge is -2.37. The van der Waals surface area contributed by atoms with E-state index >= 15 is 0 Å². The number of carbonyl (C=O) groups excluding carboxylic acids is 1. The summed E-state index contributed by atoms with van der Waals surface area (Å²) in [6.07, 6.45) is 5.41. The molecule has 1 aliphatic rings. The summed E-state index contributed by atoms with van der Waals surface area (Å²) < 4.78 is 5.11. The summed E-state index contributed by atoms with van der Waals surface area (Å²) in [6.45, 7) is 7.44. The Bertz CT molecular complexity index is 381. The van der Waals surface area contributed by atoms with E-state index in [1.54, 1.807) is 12.1 Å². The summed E-state index contributed by atoms with van der Waals surface area (Å²) in [5.41, 5.74) is 0. The van der Waals surface area contributed by atoms with Crippen LogP contribution in [0.15, 0.2) is 22.8 Å². The van der Waals surface area contributed by atoms with Gasteiger partial charge in [0.15, 0.2) is 5.76 Å². The fourth-order valence-electron chi connectivity index (χ4n) is 2.73. The van der Waals surface area contributed by atoms with Crippen molar-refractivity contribution < 1.29 is 9.21 Å². The van der Waals surface area contributed by atoms with Gasteiger partial charge in [-0.1, -0.05) is 20.3 Å². The molecular weight excluding hydrogens is 240 g/mol. The zero-order valence-electron chi connectivity index (χ0n) is 11.9. The van der Waals surface area contributed by atoms with Crippen LogP contribution in [0.25, 0.3) is 0 Å². The molecule has 4 nitrogen and oxygen atoms in total. The normalized spacial score (nSPS) is 18.5. The molecule has 4 heteroatoms. The van der Waals surface area contributed by atoms with Crippen LogP contribution < -0.4 is 5.32 Å². The topological polar surface area (TPSA) is 45.5 Å². The average molecular weight is 264 g/mol. The second kappa shape index (κ2) is 6.75. The number of hydrogen-bond donors (Lipinski definition) is 1. The van der Waals surface area contributed by atoms with Crippen LogP contribution in [0.3, 0.4) is 0 Å². The number of nitrogens with one attached hydrogen (secondary N) is 1. The first-order valence-electron chi connectivity index (χ1n) is 7.24. The third kappa shape index (κ3) is 3.83. The van der Waals surface area contributed by atoms with Crippen molar-refractivity contribution in [2.75, 3.05) is 19.6 Å². The van der Waals surface area contributed by atoms with Crippen LogP contribution in [0.1, 0.15) is 43.7 Å². The Kier molecular flexibility index (Phi) is 5.02. The van der Waals surface area contributed by atoms with E-state index < -0.39 is 0 Å². The van der Waals surface area contributed by atoms with Crippen LogP contribution in [-0.2, 0) is 0 Å². The quantitative estimate of drug-likeness (QED) is 0.889. The molecule has 0 spiro atoms. The molecule has 1 amide bonds. The van der Waals surface area contributed by atoms with Crippen LogP contribution in [0.5, 0.6) is 0 Å². The van der Waals surface area contributed by atoms with Gasteiger partial charge in [-0.3, -0.25) is 9.69 Å². The zero-order chi connectivity index (χ0) is 13.7. The highest BCUT2D eigenvalue weighted by molar-refractivity contribution is 5.91. The highest BCUT2D eigenvalue weighted by atomic mass is 16.3. The summed E-state index contributed by atoms with van der Waals surface area (Å²) in [5.74, 6) is 0.809. The van der Waals surface area contributed by atoms with Crippen molar-refractivity contribution in [1.29, 1.82) is 0 Å². The number of rotatable bonds is 5. The first-order valence-corrected chi connectivity index (χ1v) is 7.24. The molecule has 0 aliphatic carbocycles. The smallest absolute Gasteiger partial charge is 0.287 e. The van der Waals surface area contributed by atoms with Gasteiger partial charge in [0.25, 0.3) is 5.91 Å². The van der Waals surface area contributed by atoms with Crippen molar-refractivity contribution in [3.63, 3.8) is 0 Å². The zero-order valence-corrected chi connectivity index (χ0v) is 11.9. The standard InChI is InChI=1S/C15H24N2O2/c1-12(2)13(17-8-4-3-5-9-17)11-16-15(18)14-7-6-10-19-14/h6-7,10,12-13H,3-5,8-9,11H2,1-2H3,(H,16,18). The second-order valence-electron chi connectivity index (χ2n) is 5.60. The minimum absolute atomic E-state index is 0.118. The molecule has 0 saturated carbocycles. The Labute approximate surface area is 115 Å². The first kappa shape index (κ1) is 14.1. The van der Waals surface area contributed by atoms with Crippen LogP contribution in [-0.4, -0.2) is 36.5 Å². The Morgan fingerprint density at radius 3 is 2.68 bits per heavy atom. The van der Waals surface area contributed by atoms with Crippen LogP contribution in [0.2, 0.25) is 0 Å². The number of amides is 1. The molecule has 1 saturated heterocycles. The van der Waals surface area contributed by atoms with Crippen molar-refractivity contribution in [1.82, 2.24) is 10.2 Å². The lowest BCUT2D eigenvalue weighted by atomic mass is 9.99. The van der Waals surface area contributed by atoms with Crippen LogP contribution >= 0.6 is 0 Å². The molecule has 1 fully saturated rings. The van der Waals surface area contributed by atoms with Crippen molar-refractivity contribution in [3.05, 3.63) is 24.2 Å². The van der Waals surface area contributed by atoms with E-state index in [9.17, 15) is 4.79 Å². The predicted octanol–water partition coefficient (Wildman–Crippen LogP) is 2.52. The number of furan rings is 1. The highest BCUT2D eigenvalue weighted by Crippen LogP contribution is 2.17. The maximum absolute atomic E-state index is 11.9. The van der Waals surface area contributed by atoms with Crippen molar-refractivity contribution in [2.24, 2.45) is 5.92 Å². The summed E-state index contributed by atoms with van der Waals surface area (Å²) in [6, 6.07) is 3.85. The second-order valence-corrected chi connectivity index (χ2v) is 5.60. The van der Waals surface area contributed by atoms with E-state index in [1.165, 1.54) is 25.5 Å². The molecule has 0 radical (unpaired) electrons. The molecule has 0 aromatic carbocycles. The third-order valence-corrected chi connectivity index (χ3v) is 3.85. The molecule has 1 atom stereocenters. The third-order valence-electron chi connectivity index (χ3n) is 3.85. The summed E-state index contributed by atoms with van der Waals surface area (Å²) in [4.78, 5) is 14.4. The highest BCUT2D eigenvalue weighted by Gasteiger charge is 2.24. The Hall–Kier alpha value is -1.29. The number of hydrogen-bond acceptors (Lipinski definition) is 3. The van der Waals surface area contributed by atoms with Gasteiger partial charge >= 0.3 is 0 Å². The maximum Gasteiger partial charge on any atom is 0.287 e. The number of likely N-dealkylation sites (tertiary alicyclic amines) is 1. The SMILES string of the molecule is CC(C)C(CNC(=O)c1ccco1)N1CCCCC1. The molecule has 2 heterocycles. The Morgan fingerprint density at radius 2 is 2.11 bits per heavy atom. The van der Waals surface area contributed by atoms with Crippen LogP contribution in [0, 0.1) is 5.92 Å². The van der Waals surface area contributed by atoms with E-state index in [0.717, 1.165) is 13.1 Å². The molecule has 2 rings (SSSR count). The van der Waals surface area contributed by atoms with Gasteiger partial charge in [0.1, 0.15) is 0 Å². The van der Waals surface area contributed by atoms with Crippen molar-refractivity contribution in [3.8, 4) is 0 Å². The van der Waals surface area contributed by atoms with E-state index in [-0.39, 0.29) is 5.91 Å². The predicted molar refractivity (Wildman–Crippen MR) is 75.1 cm³/mol. The molecule has 1 unspecified atom stereocenters. The first-order chi connectivity index (χ1) is 9.18. The lowest BCUT2D eigenvalue weighted by Crippen LogP contribution is -2.48. The van der Waals surface area contributed by atoms with E-state index in [1.807, 2.05) is 0 Å². The van der Waals surface area contributed by atoms with E-state index in [4.69, 9.17) is 4.42 Å². The molecular formula is C15H24N2O2. The molecule has 19 heavy (non-hydrogen) atoms. The number of nitrogens with zero attached hydrogens (tertiary/aromatic N) is 1. The van der Waals surface area contributed by atoms with Crippen LogP contribution in [0.4, 0.5) is 0 Å². The van der Waals surface area contributed by atoms with Crippen molar-refractivity contribution in [2.45, 2.75) is 39.2 Å². The fraction of sp³-hybridized carbons (Fsp3) is 0.667. The van der Waals surface area contributed by atoms with Gasteiger partial charge in [-0.05, 0) is 44.0 Å². The minimum Gasteiger partial charge on any atom is -0.459 e. The number of carbonyl (C=O) groups is 1. The molecule has 0 bridgehead atoms. The van der Waals surface area contributed by atoms with Gasteiger partial charge in [0.05, 0.1) is 6.26 Å². The Balaban J connectivity index is 1.88. The van der Waals surface area contributed by atoms with Gasteiger partial charge in [0, 0.05) is 12.6 Å². The van der Waals surface area contributed by atoms with Crippen molar-refractivity contribution >= 4 is 5.91 Å². The Morgan fingerprint density at radius 1 is 1.37 bits per heavy atom. The largest absolute Gasteiger partial charge is 0.459 e. The van der Waals surface area contributed by atoms with Gasteiger partial charge in [-0.15, -0.1) is 0 Å². The molecule has 1 N–H and O–H groups in total. The van der Waals surface area contributed by atoms with Gasteiger partial charge in [-0.25, -0.2) is 0 Å². The molecule has 106 valence electrons. The molecule has 1 aromatic heterocycles. The lowest BCUT2D eigenvalue weighted by molar-refractivity contribution is 0.0870. The summed E-state index contributed by atoms with van der Waals surface area (Å²) in [7, 11) is 0. The fourth-order valence-corrected chi connectivity index (χ4v) is 2.73. The van der Waals surface area contributed by atoms with Gasteiger partial charge in [-0.2, -0.15) is 0 Å². The van der Waals surface area contributed by atoms with E-state index in [2.05, 4.69) is 24.1 Å². The molecule has 1 aliphatic heterocycles.